The van der Waals surface area contributed by atoms with E-state index < -0.39 is 17.3 Å². The van der Waals surface area contributed by atoms with Crippen molar-refractivity contribution >= 4 is 35.7 Å². The molecule has 0 radical (unpaired) electrons. The maximum absolute atomic E-state index is 13.4. The molecule has 0 spiro atoms. The molecule has 3 rings (SSSR count). The van der Waals surface area contributed by atoms with Crippen LogP contribution in [-0.2, 0) is 6.18 Å². The average molecular weight is 439 g/mol. The van der Waals surface area contributed by atoms with Crippen molar-refractivity contribution in [3.63, 3.8) is 0 Å². The minimum Gasteiger partial charge on any atom is -0.359 e. The Morgan fingerprint density at radius 3 is 2.70 bits per heavy atom. The molecule has 30 heavy (non-hydrogen) atoms. The minimum atomic E-state index is -4.53. The summed E-state index contributed by atoms with van der Waals surface area (Å²) < 4.78 is 40.1. The zero-order valence-electron chi connectivity index (χ0n) is 16.2. The number of benzene rings is 1. The van der Waals surface area contributed by atoms with Crippen LogP contribution in [0.25, 0.3) is 0 Å². The Morgan fingerprint density at radius 2 is 2.03 bits per heavy atom. The van der Waals surface area contributed by atoms with E-state index in [0.717, 1.165) is 11.6 Å². The van der Waals surface area contributed by atoms with Crippen molar-refractivity contribution < 1.29 is 13.2 Å². The van der Waals surface area contributed by atoms with Gasteiger partial charge in [0.25, 0.3) is 5.56 Å². The zero-order chi connectivity index (χ0) is 22.1. The first-order valence-corrected chi connectivity index (χ1v) is 9.13. The zero-order valence-corrected chi connectivity index (χ0v) is 16.9. The molecular weight excluding hydrogens is 421 g/mol. The molecule has 0 atom stereocenters. The van der Waals surface area contributed by atoms with Gasteiger partial charge in [0.05, 0.1) is 35.4 Å². The Labute approximate surface area is 175 Å². The van der Waals surface area contributed by atoms with Crippen LogP contribution in [0.3, 0.4) is 0 Å². The summed E-state index contributed by atoms with van der Waals surface area (Å²) in [5.74, 6) is 0.0121. The van der Waals surface area contributed by atoms with Gasteiger partial charge < -0.3 is 9.80 Å². The molecule has 1 N–H and O–H groups in total. The van der Waals surface area contributed by atoms with Crippen molar-refractivity contribution in [2.24, 2.45) is 9.98 Å². The van der Waals surface area contributed by atoms with Gasteiger partial charge in [0.15, 0.2) is 0 Å². The quantitative estimate of drug-likeness (QED) is 0.585. The van der Waals surface area contributed by atoms with Gasteiger partial charge in [-0.2, -0.15) is 18.3 Å². The summed E-state index contributed by atoms with van der Waals surface area (Å²) in [5.41, 5.74) is 0.472. The number of aromatic nitrogens is 2. The van der Waals surface area contributed by atoms with Crippen LogP contribution < -0.4 is 15.4 Å². The molecular formula is C19H18ClF3N6O. The van der Waals surface area contributed by atoms with Gasteiger partial charge in [0.1, 0.15) is 5.02 Å². The van der Waals surface area contributed by atoms with Gasteiger partial charge in [-0.1, -0.05) is 23.7 Å². The summed E-state index contributed by atoms with van der Waals surface area (Å²) in [5, 5.41) is 6.01. The number of hydrogen-bond acceptors (Lipinski definition) is 4. The van der Waals surface area contributed by atoms with Crippen LogP contribution in [0.1, 0.15) is 12.5 Å². The molecule has 0 amide bonds. The van der Waals surface area contributed by atoms with E-state index in [9.17, 15) is 18.0 Å². The lowest BCUT2D eigenvalue weighted by molar-refractivity contribution is -0.137. The summed E-state index contributed by atoms with van der Waals surface area (Å²) in [6.45, 7) is 5.99. The maximum atomic E-state index is 13.4. The molecule has 0 saturated heterocycles. The van der Waals surface area contributed by atoms with Crippen LogP contribution in [0.2, 0.25) is 5.02 Å². The highest BCUT2D eigenvalue weighted by Gasteiger charge is 2.35. The van der Waals surface area contributed by atoms with E-state index in [-0.39, 0.29) is 23.2 Å². The number of aromatic amines is 1. The largest absolute Gasteiger partial charge is 0.418 e. The topological polar surface area (TPSA) is 77.0 Å². The number of rotatable bonds is 3. The second-order valence-electron chi connectivity index (χ2n) is 6.63. The summed E-state index contributed by atoms with van der Waals surface area (Å²) in [6, 6.07) is 5.16. The van der Waals surface area contributed by atoms with Crippen LogP contribution in [0.4, 0.5) is 24.5 Å². The fourth-order valence-electron chi connectivity index (χ4n) is 3.10. The predicted octanol–water partition coefficient (Wildman–Crippen LogP) is 3.73. The van der Waals surface area contributed by atoms with Gasteiger partial charge in [-0.25, -0.2) is 15.1 Å². The standard InChI is InChI=1S/C19H18ClF3N6O/c1-11-9-29(15-8-25-27-17(30)16(15)20)10-13(11)26-18(24-2)28(3)14-7-5-4-6-12(14)19(21,22)23/h4-8H,2,9-10H2,1,3H3,(H,27,30)/b26-18+. The smallest absolute Gasteiger partial charge is 0.359 e. The summed E-state index contributed by atoms with van der Waals surface area (Å²) in [7, 11) is 1.44. The molecule has 7 nitrogen and oxygen atoms in total. The molecule has 158 valence electrons. The van der Waals surface area contributed by atoms with Gasteiger partial charge in [-0.3, -0.25) is 4.79 Å². The van der Waals surface area contributed by atoms with Gasteiger partial charge in [0, 0.05) is 13.6 Å². The predicted molar refractivity (Wildman–Crippen MR) is 112 cm³/mol. The van der Waals surface area contributed by atoms with Gasteiger partial charge in [-0.05, 0) is 31.3 Å². The fourth-order valence-corrected chi connectivity index (χ4v) is 3.31. The van der Waals surface area contributed by atoms with E-state index in [2.05, 4.69) is 26.9 Å². The Bertz CT molecular complexity index is 1090. The van der Waals surface area contributed by atoms with E-state index in [1.807, 2.05) is 6.92 Å². The van der Waals surface area contributed by atoms with Crippen LogP contribution in [0.5, 0.6) is 0 Å². The van der Waals surface area contributed by atoms with Crippen molar-refractivity contribution in [2.75, 3.05) is 29.9 Å². The highest BCUT2D eigenvalue weighted by atomic mass is 35.5. The lowest BCUT2D eigenvalue weighted by Crippen LogP contribution is -2.28. The Kier molecular flexibility index (Phi) is 5.97. The van der Waals surface area contributed by atoms with Crippen LogP contribution >= 0.6 is 11.6 Å². The van der Waals surface area contributed by atoms with Gasteiger partial charge >= 0.3 is 6.18 Å². The second-order valence-corrected chi connectivity index (χ2v) is 7.00. The molecule has 0 unspecified atom stereocenters. The van der Waals surface area contributed by atoms with Crippen molar-refractivity contribution in [2.45, 2.75) is 13.1 Å². The SMILES string of the molecule is C=N/C(=N\C1=C(C)CN(c2cn[nH]c(=O)c2Cl)C1)N(C)c1ccccc1C(F)(F)F. The Balaban J connectivity index is 1.92. The minimum absolute atomic E-state index is 0.00122. The Hall–Kier alpha value is -3.14. The van der Waals surface area contributed by atoms with E-state index in [1.54, 1.807) is 4.90 Å². The maximum Gasteiger partial charge on any atom is 0.418 e. The lowest BCUT2D eigenvalue weighted by Gasteiger charge is -2.23. The van der Waals surface area contributed by atoms with Crippen LogP contribution in [0.15, 0.2) is 56.5 Å². The van der Waals surface area contributed by atoms with E-state index in [4.69, 9.17) is 11.6 Å². The number of aliphatic imine (C=N–C) groups is 2. The molecule has 0 bridgehead atoms. The molecule has 2 aromatic rings. The van der Waals surface area contributed by atoms with E-state index in [0.29, 0.717) is 17.9 Å². The van der Waals surface area contributed by atoms with Crippen molar-refractivity contribution in [3.8, 4) is 0 Å². The summed E-state index contributed by atoms with van der Waals surface area (Å²) in [4.78, 5) is 23.0. The average Bonchev–Trinajstić information content (AvgIpc) is 3.07. The van der Waals surface area contributed by atoms with Gasteiger partial charge in [0.2, 0.25) is 5.96 Å². The number of hydrogen-bond donors (Lipinski definition) is 1. The van der Waals surface area contributed by atoms with E-state index in [1.165, 1.54) is 36.3 Å². The number of alkyl halides is 3. The van der Waals surface area contributed by atoms with Crippen LogP contribution in [-0.4, -0.2) is 43.0 Å². The number of H-pyrrole nitrogens is 1. The first kappa shape index (κ1) is 21.6. The highest BCUT2D eigenvalue weighted by Crippen LogP contribution is 2.36. The number of anilines is 2. The molecule has 1 aromatic carbocycles. The molecule has 11 heteroatoms. The summed E-state index contributed by atoms with van der Waals surface area (Å²) in [6.07, 6.45) is -3.09. The third-order valence-corrected chi connectivity index (χ3v) is 4.99. The molecule has 0 saturated carbocycles. The monoisotopic (exact) mass is 438 g/mol. The van der Waals surface area contributed by atoms with Crippen molar-refractivity contribution in [1.29, 1.82) is 0 Å². The van der Waals surface area contributed by atoms with Crippen LogP contribution in [0, 0.1) is 0 Å². The molecule has 1 aliphatic heterocycles. The number of guanidine groups is 1. The molecule has 2 heterocycles. The number of nitrogens with one attached hydrogen (secondary N) is 1. The van der Waals surface area contributed by atoms with E-state index >= 15 is 0 Å². The second kappa shape index (κ2) is 8.31. The normalized spacial score (nSPS) is 15.0. The Morgan fingerprint density at radius 1 is 1.33 bits per heavy atom. The van der Waals surface area contributed by atoms with Gasteiger partial charge in [-0.15, -0.1) is 0 Å². The molecule has 1 aliphatic rings. The first-order chi connectivity index (χ1) is 14.1. The molecule has 0 fully saturated rings. The number of nitrogens with zero attached hydrogens (tertiary/aromatic N) is 5. The first-order valence-electron chi connectivity index (χ1n) is 8.75. The number of halogens is 4. The number of para-hydroxylation sites is 1. The van der Waals surface area contributed by atoms with Crippen molar-refractivity contribution in [3.05, 3.63) is 62.7 Å². The molecule has 1 aromatic heterocycles. The lowest BCUT2D eigenvalue weighted by atomic mass is 10.1. The fraction of sp³-hybridized carbons (Fsp3) is 0.263. The molecule has 0 aliphatic carbocycles. The van der Waals surface area contributed by atoms with Crippen molar-refractivity contribution in [1.82, 2.24) is 10.2 Å². The third kappa shape index (κ3) is 4.23. The third-order valence-electron chi connectivity index (χ3n) is 4.63. The highest BCUT2D eigenvalue weighted by molar-refractivity contribution is 6.33. The summed E-state index contributed by atoms with van der Waals surface area (Å²) >= 11 is 6.07.